The van der Waals surface area contributed by atoms with Crippen molar-refractivity contribution in [1.82, 2.24) is 14.3 Å². The first-order chi connectivity index (χ1) is 11.0. The SMILES string of the molecule is CCN(C)c1ncnc2c1CCN(S(=O)(=O)c1cccs1)CC2. The molecular formula is C15H20N4O2S2. The Labute approximate surface area is 140 Å². The number of nitrogens with zero attached hydrogens (tertiary/aromatic N) is 4. The van der Waals surface area contributed by atoms with Crippen LogP contribution in [0.2, 0.25) is 0 Å². The normalized spacial score (nSPS) is 15.9. The van der Waals surface area contributed by atoms with E-state index in [1.54, 1.807) is 28.1 Å². The van der Waals surface area contributed by atoms with Gasteiger partial charge in [-0.25, -0.2) is 18.4 Å². The molecule has 8 heteroatoms. The Morgan fingerprint density at radius 3 is 2.78 bits per heavy atom. The Balaban J connectivity index is 1.89. The molecule has 23 heavy (non-hydrogen) atoms. The minimum Gasteiger partial charge on any atom is -0.360 e. The van der Waals surface area contributed by atoms with Gasteiger partial charge in [0.1, 0.15) is 16.4 Å². The van der Waals surface area contributed by atoms with Crippen LogP contribution in [0.3, 0.4) is 0 Å². The van der Waals surface area contributed by atoms with Crippen LogP contribution in [0, 0.1) is 0 Å². The molecule has 0 N–H and O–H groups in total. The molecule has 0 unspecified atom stereocenters. The summed E-state index contributed by atoms with van der Waals surface area (Å²) in [6, 6.07) is 3.43. The van der Waals surface area contributed by atoms with Crippen molar-refractivity contribution in [2.24, 2.45) is 0 Å². The fourth-order valence-corrected chi connectivity index (χ4v) is 5.33. The van der Waals surface area contributed by atoms with Crippen LogP contribution in [0.15, 0.2) is 28.0 Å². The van der Waals surface area contributed by atoms with Crippen molar-refractivity contribution >= 4 is 27.2 Å². The second-order valence-corrected chi connectivity index (χ2v) is 8.59. The molecule has 0 aromatic carbocycles. The topological polar surface area (TPSA) is 66.4 Å². The molecular weight excluding hydrogens is 332 g/mol. The summed E-state index contributed by atoms with van der Waals surface area (Å²) in [5.41, 5.74) is 2.03. The third-order valence-electron chi connectivity index (χ3n) is 4.15. The highest BCUT2D eigenvalue weighted by Crippen LogP contribution is 2.27. The molecule has 0 spiro atoms. The van der Waals surface area contributed by atoms with Crippen LogP contribution in [0.5, 0.6) is 0 Å². The van der Waals surface area contributed by atoms with Gasteiger partial charge in [-0.15, -0.1) is 11.3 Å². The summed E-state index contributed by atoms with van der Waals surface area (Å²) in [6.45, 7) is 3.84. The van der Waals surface area contributed by atoms with Crippen molar-refractivity contribution < 1.29 is 8.42 Å². The quantitative estimate of drug-likeness (QED) is 0.839. The van der Waals surface area contributed by atoms with Crippen molar-refractivity contribution in [1.29, 1.82) is 0 Å². The van der Waals surface area contributed by atoms with Gasteiger partial charge in [0.25, 0.3) is 10.0 Å². The second-order valence-electron chi connectivity index (χ2n) is 5.47. The van der Waals surface area contributed by atoms with Crippen molar-refractivity contribution in [3.63, 3.8) is 0 Å². The van der Waals surface area contributed by atoms with Crippen LogP contribution in [0.25, 0.3) is 0 Å². The molecule has 6 nitrogen and oxygen atoms in total. The molecule has 3 rings (SSSR count). The van der Waals surface area contributed by atoms with Crippen molar-refractivity contribution in [2.75, 3.05) is 31.6 Å². The van der Waals surface area contributed by atoms with Gasteiger partial charge >= 0.3 is 0 Å². The van der Waals surface area contributed by atoms with E-state index in [4.69, 9.17) is 0 Å². The monoisotopic (exact) mass is 352 g/mol. The van der Waals surface area contributed by atoms with Gasteiger partial charge < -0.3 is 4.90 Å². The molecule has 0 fully saturated rings. The van der Waals surface area contributed by atoms with E-state index in [0.717, 1.165) is 23.6 Å². The summed E-state index contributed by atoms with van der Waals surface area (Å²) in [5.74, 6) is 0.910. The molecule has 0 saturated heterocycles. The minimum atomic E-state index is -3.41. The lowest BCUT2D eigenvalue weighted by Crippen LogP contribution is -2.32. The summed E-state index contributed by atoms with van der Waals surface area (Å²) in [5, 5.41) is 1.79. The highest BCUT2D eigenvalue weighted by atomic mass is 32.2. The Hall–Kier alpha value is -1.51. The van der Waals surface area contributed by atoms with E-state index in [9.17, 15) is 8.42 Å². The van der Waals surface area contributed by atoms with Crippen LogP contribution < -0.4 is 4.90 Å². The number of fused-ring (bicyclic) bond motifs is 1. The summed E-state index contributed by atoms with van der Waals surface area (Å²) in [4.78, 5) is 10.8. The molecule has 1 aliphatic heterocycles. The zero-order valence-electron chi connectivity index (χ0n) is 13.3. The van der Waals surface area contributed by atoms with E-state index in [0.29, 0.717) is 30.1 Å². The van der Waals surface area contributed by atoms with Crippen molar-refractivity contribution in [3.8, 4) is 0 Å². The Bertz CT molecular complexity index is 775. The molecule has 0 amide bonds. The molecule has 0 saturated carbocycles. The number of anilines is 1. The van der Waals surface area contributed by atoms with E-state index >= 15 is 0 Å². The fourth-order valence-electron chi connectivity index (χ4n) is 2.75. The average Bonchev–Trinajstić information content (AvgIpc) is 3.01. The van der Waals surface area contributed by atoms with E-state index < -0.39 is 10.0 Å². The van der Waals surface area contributed by atoms with Crippen LogP contribution in [-0.4, -0.2) is 49.4 Å². The number of hydrogen-bond donors (Lipinski definition) is 0. The number of sulfonamides is 1. The molecule has 0 radical (unpaired) electrons. The molecule has 1 aliphatic rings. The van der Waals surface area contributed by atoms with E-state index in [1.165, 1.54) is 11.3 Å². The number of thiophene rings is 1. The maximum Gasteiger partial charge on any atom is 0.252 e. The smallest absolute Gasteiger partial charge is 0.252 e. The highest BCUT2D eigenvalue weighted by molar-refractivity contribution is 7.91. The second kappa shape index (κ2) is 6.54. The van der Waals surface area contributed by atoms with Crippen LogP contribution in [-0.2, 0) is 22.9 Å². The molecule has 2 aromatic rings. The van der Waals surface area contributed by atoms with Gasteiger partial charge in [0.2, 0.25) is 0 Å². The fraction of sp³-hybridized carbons (Fsp3) is 0.467. The molecule has 0 bridgehead atoms. The zero-order chi connectivity index (χ0) is 16.4. The molecule has 0 aliphatic carbocycles. The van der Waals surface area contributed by atoms with Gasteiger partial charge in [-0.05, 0) is 24.8 Å². The van der Waals surface area contributed by atoms with Gasteiger partial charge in [-0.2, -0.15) is 4.31 Å². The molecule has 2 aromatic heterocycles. The predicted molar refractivity (Wildman–Crippen MR) is 91.5 cm³/mol. The Morgan fingerprint density at radius 1 is 1.30 bits per heavy atom. The number of hydrogen-bond acceptors (Lipinski definition) is 6. The lowest BCUT2D eigenvalue weighted by Gasteiger charge is -2.20. The Kier molecular flexibility index (Phi) is 4.65. The van der Waals surface area contributed by atoms with E-state index in [2.05, 4.69) is 21.8 Å². The molecule has 0 atom stereocenters. The van der Waals surface area contributed by atoms with Crippen LogP contribution in [0.1, 0.15) is 18.2 Å². The first-order valence-electron chi connectivity index (χ1n) is 7.61. The largest absolute Gasteiger partial charge is 0.360 e. The molecule has 124 valence electrons. The third kappa shape index (κ3) is 3.11. The third-order valence-corrected chi connectivity index (χ3v) is 7.42. The lowest BCUT2D eigenvalue weighted by atomic mass is 10.1. The van der Waals surface area contributed by atoms with Crippen LogP contribution >= 0.6 is 11.3 Å². The van der Waals surface area contributed by atoms with E-state index in [-0.39, 0.29) is 0 Å². The first-order valence-corrected chi connectivity index (χ1v) is 9.93. The summed E-state index contributed by atoms with van der Waals surface area (Å²) >= 11 is 1.26. The van der Waals surface area contributed by atoms with Gasteiger partial charge in [0, 0.05) is 38.7 Å². The standard InChI is InChI=1S/C15H20N4O2S2/c1-3-18(2)15-12-6-8-19(9-7-13(12)16-11-17-15)23(20,21)14-5-4-10-22-14/h4-5,10-11H,3,6-9H2,1-2H3. The number of aromatic nitrogens is 2. The van der Waals surface area contributed by atoms with Gasteiger partial charge in [-0.3, -0.25) is 0 Å². The van der Waals surface area contributed by atoms with Crippen LogP contribution in [0.4, 0.5) is 5.82 Å². The van der Waals surface area contributed by atoms with E-state index in [1.807, 2.05) is 7.05 Å². The maximum absolute atomic E-state index is 12.7. The minimum absolute atomic E-state index is 0.403. The summed E-state index contributed by atoms with van der Waals surface area (Å²) in [7, 11) is -1.41. The predicted octanol–water partition coefficient (Wildman–Crippen LogP) is 1.78. The summed E-state index contributed by atoms with van der Waals surface area (Å²) in [6.07, 6.45) is 2.83. The van der Waals surface area contributed by atoms with Gasteiger partial charge in [-0.1, -0.05) is 6.07 Å². The average molecular weight is 352 g/mol. The zero-order valence-corrected chi connectivity index (χ0v) is 14.9. The first kappa shape index (κ1) is 16.4. The van der Waals surface area contributed by atoms with Crippen molar-refractivity contribution in [2.45, 2.75) is 24.0 Å². The Morgan fingerprint density at radius 2 is 2.09 bits per heavy atom. The summed E-state index contributed by atoms with van der Waals surface area (Å²) < 4.78 is 27.4. The number of rotatable bonds is 4. The maximum atomic E-state index is 12.7. The lowest BCUT2D eigenvalue weighted by molar-refractivity contribution is 0.427. The highest BCUT2D eigenvalue weighted by Gasteiger charge is 2.29. The molecule has 3 heterocycles. The van der Waals surface area contributed by atoms with Crippen molar-refractivity contribution in [3.05, 3.63) is 35.1 Å². The van der Waals surface area contributed by atoms with Gasteiger partial charge in [0.15, 0.2) is 0 Å². The van der Waals surface area contributed by atoms with Gasteiger partial charge in [0.05, 0.1) is 5.69 Å².